The van der Waals surface area contributed by atoms with Crippen LogP contribution in [0.15, 0.2) is 18.2 Å². The predicted molar refractivity (Wildman–Crippen MR) is 89.2 cm³/mol. The van der Waals surface area contributed by atoms with E-state index in [1.54, 1.807) is 11.3 Å². The third-order valence-corrected chi connectivity index (χ3v) is 5.15. The molecule has 1 aliphatic heterocycles. The second kappa shape index (κ2) is 6.43. The van der Waals surface area contributed by atoms with Crippen molar-refractivity contribution in [2.75, 3.05) is 31.7 Å². The van der Waals surface area contributed by atoms with Crippen LogP contribution in [0, 0.1) is 0 Å². The number of carbonyl (C=O) groups is 1. The van der Waals surface area contributed by atoms with Gasteiger partial charge in [0.25, 0.3) is 0 Å². The van der Waals surface area contributed by atoms with Gasteiger partial charge in [-0.1, -0.05) is 0 Å². The van der Waals surface area contributed by atoms with Crippen LogP contribution in [0.3, 0.4) is 0 Å². The predicted octanol–water partition coefficient (Wildman–Crippen LogP) is 2.71. The summed E-state index contributed by atoms with van der Waals surface area (Å²) in [7, 11) is 0. The number of carbonyl (C=O) groups excluding carboxylic acids is 1. The molecular weight excluding hydrogens is 314 g/mol. The molecule has 2 aromatic rings. The fourth-order valence-electron chi connectivity index (χ4n) is 2.56. The topological polar surface area (TPSA) is 72.5 Å². The molecule has 0 bridgehead atoms. The maximum absolute atomic E-state index is 12.0. The van der Waals surface area contributed by atoms with Gasteiger partial charge in [-0.2, -0.15) is 0 Å². The number of ether oxygens (including phenoxy) is 2. The van der Waals surface area contributed by atoms with E-state index in [1.807, 2.05) is 18.2 Å². The third kappa shape index (κ3) is 3.63. The molecule has 2 N–H and O–H groups in total. The van der Waals surface area contributed by atoms with Gasteiger partial charge in [0.15, 0.2) is 0 Å². The van der Waals surface area contributed by atoms with Crippen molar-refractivity contribution in [2.24, 2.45) is 0 Å². The lowest BCUT2D eigenvalue weighted by Gasteiger charge is -2.23. The Bertz CT molecular complexity index is 708. The van der Waals surface area contributed by atoms with Crippen molar-refractivity contribution in [2.45, 2.75) is 24.9 Å². The number of nitrogens with zero attached hydrogens (tertiary/aromatic N) is 1. The molecule has 6 nitrogen and oxygen atoms in total. The van der Waals surface area contributed by atoms with E-state index in [2.05, 4.69) is 15.6 Å². The second-order valence-corrected chi connectivity index (χ2v) is 6.97. The largest absolute Gasteiger partial charge is 0.376 e. The first-order valence-corrected chi connectivity index (χ1v) is 8.74. The van der Waals surface area contributed by atoms with Crippen molar-refractivity contribution in [3.05, 3.63) is 23.2 Å². The van der Waals surface area contributed by atoms with Gasteiger partial charge in [-0.25, -0.2) is 9.78 Å². The zero-order valence-corrected chi connectivity index (χ0v) is 13.5. The average Bonchev–Trinajstić information content (AvgIpc) is 3.34. The summed E-state index contributed by atoms with van der Waals surface area (Å²) in [5.74, 6) is 0.657. The average molecular weight is 333 g/mol. The molecule has 1 unspecified atom stereocenters. The molecule has 23 heavy (non-hydrogen) atoms. The minimum absolute atomic E-state index is 0.0698. The van der Waals surface area contributed by atoms with E-state index < -0.39 is 0 Å². The van der Waals surface area contributed by atoms with Gasteiger partial charge in [-0.05, 0) is 31.0 Å². The van der Waals surface area contributed by atoms with E-state index in [0.717, 1.165) is 15.9 Å². The highest BCUT2D eigenvalue weighted by molar-refractivity contribution is 7.18. The summed E-state index contributed by atoms with van der Waals surface area (Å²) in [5, 5.41) is 6.89. The summed E-state index contributed by atoms with van der Waals surface area (Å²) in [4.78, 5) is 16.6. The Balaban J connectivity index is 1.35. The van der Waals surface area contributed by atoms with E-state index in [0.29, 0.717) is 32.3 Å². The number of anilines is 1. The van der Waals surface area contributed by atoms with Crippen LogP contribution < -0.4 is 10.6 Å². The standard InChI is InChI=1S/C16H19N3O3S/c20-16(17-8-12-9-21-5-6-22-12)18-11-3-4-13-14(7-11)23-15(19-13)10-1-2-10/h3-4,7,10,12H,1-2,5-6,8-9H2,(H2,17,18,20). The Morgan fingerprint density at radius 1 is 1.35 bits per heavy atom. The minimum atomic E-state index is -0.231. The molecule has 1 aromatic heterocycles. The van der Waals surface area contributed by atoms with Gasteiger partial charge in [-0.15, -0.1) is 11.3 Å². The number of hydrogen-bond acceptors (Lipinski definition) is 5. The van der Waals surface area contributed by atoms with Crippen molar-refractivity contribution in [3.63, 3.8) is 0 Å². The van der Waals surface area contributed by atoms with Crippen LogP contribution in [-0.2, 0) is 9.47 Å². The summed E-state index contributed by atoms with van der Waals surface area (Å²) in [6, 6.07) is 5.60. The highest BCUT2D eigenvalue weighted by Crippen LogP contribution is 2.43. The number of amides is 2. The number of hydrogen-bond donors (Lipinski definition) is 2. The van der Waals surface area contributed by atoms with Crippen molar-refractivity contribution in [1.29, 1.82) is 0 Å². The van der Waals surface area contributed by atoms with Crippen LogP contribution in [0.25, 0.3) is 10.2 Å². The number of fused-ring (bicyclic) bond motifs is 1. The number of benzene rings is 1. The van der Waals surface area contributed by atoms with Gasteiger partial charge in [-0.3, -0.25) is 0 Å². The molecule has 1 atom stereocenters. The first kappa shape index (κ1) is 14.9. The van der Waals surface area contributed by atoms with E-state index >= 15 is 0 Å². The Morgan fingerprint density at radius 2 is 2.26 bits per heavy atom. The monoisotopic (exact) mass is 333 g/mol. The fraction of sp³-hybridized carbons (Fsp3) is 0.500. The SMILES string of the molecule is O=C(NCC1COCCO1)Nc1ccc2nc(C3CC3)sc2c1. The van der Waals surface area contributed by atoms with Gasteiger partial charge in [0.1, 0.15) is 0 Å². The lowest BCUT2D eigenvalue weighted by Crippen LogP contribution is -2.41. The molecule has 0 radical (unpaired) electrons. The van der Waals surface area contributed by atoms with E-state index in [1.165, 1.54) is 17.8 Å². The molecule has 2 aliphatic rings. The maximum atomic E-state index is 12.0. The van der Waals surface area contributed by atoms with Crippen LogP contribution in [-0.4, -0.2) is 43.5 Å². The molecule has 7 heteroatoms. The van der Waals surface area contributed by atoms with Gasteiger partial charge >= 0.3 is 6.03 Å². The van der Waals surface area contributed by atoms with E-state index in [9.17, 15) is 4.79 Å². The molecule has 1 saturated carbocycles. The van der Waals surface area contributed by atoms with Gasteiger partial charge in [0, 0.05) is 18.2 Å². The lowest BCUT2D eigenvalue weighted by molar-refractivity contribution is -0.0852. The maximum Gasteiger partial charge on any atom is 0.319 e. The first-order valence-electron chi connectivity index (χ1n) is 7.92. The Hall–Kier alpha value is -1.70. The van der Waals surface area contributed by atoms with Gasteiger partial charge in [0.05, 0.1) is 41.1 Å². The minimum Gasteiger partial charge on any atom is -0.376 e. The zero-order chi connectivity index (χ0) is 15.6. The summed E-state index contributed by atoms with van der Waals surface area (Å²) in [6.45, 7) is 2.18. The molecule has 1 saturated heterocycles. The zero-order valence-electron chi connectivity index (χ0n) is 12.7. The lowest BCUT2D eigenvalue weighted by atomic mass is 10.3. The van der Waals surface area contributed by atoms with E-state index in [-0.39, 0.29) is 12.1 Å². The number of thiazole rings is 1. The van der Waals surface area contributed by atoms with Gasteiger partial charge in [0.2, 0.25) is 0 Å². The molecule has 122 valence electrons. The third-order valence-electron chi connectivity index (χ3n) is 3.96. The normalized spacial score (nSPS) is 21.3. The highest BCUT2D eigenvalue weighted by Gasteiger charge is 2.27. The van der Waals surface area contributed by atoms with Crippen molar-refractivity contribution < 1.29 is 14.3 Å². The van der Waals surface area contributed by atoms with Crippen LogP contribution in [0.1, 0.15) is 23.8 Å². The molecule has 4 rings (SSSR count). The second-order valence-electron chi connectivity index (χ2n) is 5.91. The fourth-order valence-corrected chi connectivity index (χ4v) is 3.74. The highest BCUT2D eigenvalue weighted by atomic mass is 32.1. The van der Waals surface area contributed by atoms with Crippen molar-refractivity contribution >= 4 is 33.3 Å². The smallest absolute Gasteiger partial charge is 0.319 e. The van der Waals surface area contributed by atoms with Crippen LogP contribution >= 0.6 is 11.3 Å². The summed E-state index contributed by atoms with van der Waals surface area (Å²) in [5.41, 5.74) is 1.79. The van der Waals surface area contributed by atoms with Crippen molar-refractivity contribution in [3.8, 4) is 0 Å². The molecule has 2 heterocycles. The van der Waals surface area contributed by atoms with Crippen LogP contribution in [0.5, 0.6) is 0 Å². The molecule has 1 aromatic carbocycles. The van der Waals surface area contributed by atoms with Crippen molar-refractivity contribution in [1.82, 2.24) is 10.3 Å². The van der Waals surface area contributed by atoms with Gasteiger partial charge < -0.3 is 20.1 Å². The van der Waals surface area contributed by atoms with E-state index in [4.69, 9.17) is 9.47 Å². The first-order chi connectivity index (χ1) is 11.3. The number of rotatable bonds is 4. The Morgan fingerprint density at radius 3 is 3.04 bits per heavy atom. The molecule has 1 aliphatic carbocycles. The Labute approximate surface area is 138 Å². The number of aromatic nitrogens is 1. The quantitative estimate of drug-likeness (QED) is 0.902. The van der Waals surface area contributed by atoms with Crippen LogP contribution in [0.2, 0.25) is 0 Å². The van der Waals surface area contributed by atoms with Crippen LogP contribution in [0.4, 0.5) is 10.5 Å². The molecule has 2 amide bonds. The molecule has 0 spiro atoms. The molecule has 2 fully saturated rings. The summed E-state index contributed by atoms with van der Waals surface area (Å²) in [6.07, 6.45) is 2.43. The number of nitrogens with one attached hydrogen (secondary N) is 2. The summed E-state index contributed by atoms with van der Waals surface area (Å²) < 4.78 is 11.9. The molecular formula is C16H19N3O3S. The number of urea groups is 1. The Kier molecular flexibility index (Phi) is 4.15. The summed E-state index contributed by atoms with van der Waals surface area (Å²) >= 11 is 1.73.